The van der Waals surface area contributed by atoms with E-state index in [9.17, 15) is 5.21 Å². The van der Waals surface area contributed by atoms with Crippen LogP contribution in [0.2, 0.25) is 0 Å². The van der Waals surface area contributed by atoms with Crippen LogP contribution >= 0.6 is 12.2 Å². The van der Waals surface area contributed by atoms with Crippen LogP contribution in [0, 0.1) is 5.41 Å². The summed E-state index contributed by atoms with van der Waals surface area (Å²) in [5.41, 5.74) is -0.297. The molecule has 0 unspecified atom stereocenters. The summed E-state index contributed by atoms with van der Waals surface area (Å²) in [5.74, 6) is 0. The van der Waals surface area contributed by atoms with Crippen molar-refractivity contribution in [3.05, 3.63) is 0 Å². The fourth-order valence-electron chi connectivity index (χ4n) is 0.363. The summed E-state index contributed by atoms with van der Waals surface area (Å²) in [6, 6.07) is 0. The van der Waals surface area contributed by atoms with Gasteiger partial charge in [0.05, 0.1) is 12.1 Å². The van der Waals surface area contributed by atoms with E-state index in [1.165, 1.54) is 0 Å². The Balaban J connectivity index is 3.67. The Morgan fingerprint density at radius 3 is 1.92 bits per heavy atom. The summed E-state index contributed by atoms with van der Waals surface area (Å²) in [5, 5.41) is 11.3. The summed E-state index contributed by atoms with van der Waals surface area (Å²) in [6.45, 7) is 12.3. The van der Waals surface area contributed by atoms with E-state index in [1.807, 2.05) is 20.8 Å². The first-order valence-corrected chi connectivity index (χ1v) is 5.10. The van der Waals surface area contributed by atoms with Gasteiger partial charge in [0.15, 0.2) is 0 Å². The highest BCUT2D eigenvalue weighted by Crippen LogP contribution is 2.24. The van der Waals surface area contributed by atoms with Crippen molar-refractivity contribution in [2.75, 3.05) is 6.61 Å². The van der Waals surface area contributed by atoms with Gasteiger partial charge in [-0.2, -0.15) is 0 Å². The van der Waals surface area contributed by atoms with Crippen molar-refractivity contribution in [2.24, 2.45) is 5.41 Å². The van der Waals surface area contributed by atoms with E-state index >= 15 is 0 Å². The van der Waals surface area contributed by atoms with Gasteiger partial charge in [0.2, 0.25) is 0 Å². The second kappa shape index (κ2) is 4.64. The molecule has 0 atom stereocenters. The van der Waals surface area contributed by atoms with Gasteiger partial charge < -0.3 is 0 Å². The highest BCUT2D eigenvalue weighted by molar-refractivity contribution is 7.92. The topological polar surface area (TPSA) is 32.4 Å². The molecule has 0 rings (SSSR count). The molecule has 0 saturated carbocycles. The van der Waals surface area contributed by atoms with Crippen LogP contribution in [0.15, 0.2) is 0 Å². The molecule has 0 spiro atoms. The Hall–Kier alpha value is 0.230. The predicted molar refractivity (Wildman–Crippen MR) is 55.3 cm³/mol. The molecule has 0 saturated heterocycles. The normalized spacial score (nSPS) is 13.8. The molecule has 79 valence electrons. The fourth-order valence-corrected chi connectivity index (χ4v) is 1.09. The number of hydrogen-bond acceptors (Lipinski definition) is 3. The molecule has 3 nitrogen and oxygen atoms in total. The van der Waals surface area contributed by atoms with Gasteiger partial charge in [-0.3, -0.25) is 4.18 Å². The molecule has 0 aromatic rings. The van der Waals surface area contributed by atoms with Gasteiger partial charge in [-0.05, 0) is 26.2 Å². The Morgan fingerprint density at radius 2 is 1.62 bits per heavy atom. The van der Waals surface area contributed by atoms with Crippen LogP contribution in [-0.4, -0.2) is 16.6 Å². The van der Waals surface area contributed by atoms with E-state index in [2.05, 4.69) is 20.8 Å². The number of hydrogen-bond donors (Lipinski definition) is 0. The molecule has 0 heterocycles. The van der Waals surface area contributed by atoms with Crippen molar-refractivity contribution < 1.29 is 9.39 Å². The standard InChI is InChI=1S/C9H20NO2S/c1-8(2,3)7-12-13-10(11)9(4,5)6/h7H2,1-6H3. The van der Waals surface area contributed by atoms with Gasteiger partial charge in [0.25, 0.3) is 0 Å². The first kappa shape index (κ1) is 13.2. The Kier molecular flexibility index (Phi) is 4.72. The van der Waals surface area contributed by atoms with Gasteiger partial charge in [0.1, 0.15) is 12.2 Å². The maximum Gasteiger partial charge on any atom is 0.112 e. The average Bonchev–Trinajstić information content (AvgIpc) is 1.82. The molecule has 0 aliphatic carbocycles. The van der Waals surface area contributed by atoms with Gasteiger partial charge in [-0.15, -0.1) is 5.21 Å². The number of hydroxylamine groups is 1. The lowest BCUT2D eigenvalue weighted by Crippen LogP contribution is -2.32. The van der Waals surface area contributed by atoms with Gasteiger partial charge in [0, 0.05) is 0 Å². The molecule has 0 aromatic heterocycles. The predicted octanol–water partition coefficient (Wildman–Crippen LogP) is 3.06. The molecular formula is C9H20NO2S. The summed E-state index contributed by atoms with van der Waals surface area (Å²) >= 11 is 0.888. The molecule has 0 aromatic carbocycles. The van der Waals surface area contributed by atoms with Crippen LogP contribution in [0.5, 0.6) is 0 Å². The smallest absolute Gasteiger partial charge is 0.112 e. The molecular weight excluding hydrogens is 186 g/mol. The number of rotatable bonds is 3. The lowest BCUT2D eigenvalue weighted by atomic mass is 9.99. The van der Waals surface area contributed by atoms with E-state index in [0.29, 0.717) is 6.61 Å². The van der Waals surface area contributed by atoms with E-state index < -0.39 is 5.54 Å². The van der Waals surface area contributed by atoms with Crippen LogP contribution in [0.25, 0.3) is 0 Å². The third kappa shape index (κ3) is 7.31. The zero-order chi connectivity index (χ0) is 10.7. The Bertz CT molecular complexity index is 149. The summed E-state index contributed by atoms with van der Waals surface area (Å²) in [6.07, 6.45) is 0. The summed E-state index contributed by atoms with van der Waals surface area (Å²) in [4.78, 5) is 0. The molecule has 13 heavy (non-hydrogen) atoms. The van der Waals surface area contributed by atoms with Crippen molar-refractivity contribution in [3.63, 3.8) is 0 Å². The first-order valence-electron chi connectivity index (χ1n) is 4.40. The molecule has 0 fully saturated rings. The molecule has 1 radical (unpaired) electrons. The zero-order valence-corrected chi connectivity index (χ0v) is 10.2. The van der Waals surface area contributed by atoms with Crippen molar-refractivity contribution >= 4 is 12.2 Å². The Labute approximate surface area is 85.7 Å². The quantitative estimate of drug-likeness (QED) is 0.404. The lowest BCUT2D eigenvalue weighted by Gasteiger charge is -2.26. The maximum atomic E-state index is 11.3. The SMILES string of the molecule is CC(C)(C)COSN([O])C(C)(C)C. The van der Waals surface area contributed by atoms with Gasteiger partial charge in [-0.25, -0.2) is 0 Å². The van der Waals surface area contributed by atoms with E-state index in [1.54, 1.807) is 0 Å². The monoisotopic (exact) mass is 206 g/mol. The third-order valence-corrected chi connectivity index (χ3v) is 2.07. The van der Waals surface area contributed by atoms with Crippen LogP contribution < -0.4 is 0 Å². The highest BCUT2D eigenvalue weighted by atomic mass is 32.2. The van der Waals surface area contributed by atoms with E-state index in [-0.39, 0.29) is 5.41 Å². The van der Waals surface area contributed by atoms with Crippen LogP contribution in [0.3, 0.4) is 0 Å². The second-order valence-electron chi connectivity index (χ2n) is 5.33. The molecule has 0 amide bonds. The largest absolute Gasteiger partial charge is 0.299 e. The number of nitrogens with zero attached hydrogens (tertiary/aromatic N) is 1. The molecule has 0 aliphatic rings. The molecule has 4 heteroatoms. The van der Waals surface area contributed by atoms with E-state index in [4.69, 9.17) is 4.18 Å². The van der Waals surface area contributed by atoms with Crippen molar-refractivity contribution in [2.45, 2.75) is 47.1 Å². The minimum absolute atomic E-state index is 0.103. The minimum atomic E-state index is -0.400. The van der Waals surface area contributed by atoms with E-state index in [0.717, 1.165) is 16.7 Å². The van der Waals surface area contributed by atoms with Crippen molar-refractivity contribution in [3.8, 4) is 0 Å². The second-order valence-corrected chi connectivity index (χ2v) is 6.04. The lowest BCUT2D eigenvalue weighted by molar-refractivity contribution is -0.127. The fraction of sp³-hybridized carbons (Fsp3) is 1.00. The van der Waals surface area contributed by atoms with Crippen LogP contribution in [0.1, 0.15) is 41.5 Å². The minimum Gasteiger partial charge on any atom is -0.299 e. The first-order chi connectivity index (χ1) is 5.63. The van der Waals surface area contributed by atoms with Crippen LogP contribution in [-0.2, 0) is 9.39 Å². The van der Waals surface area contributed by atoms with Gasteiger partial charge in [-0.1, -0.05) is 25.2 Å². The van der Waals surface area contributed by atoms with Crippen molar-refractivity contribution in [1.82, 2.24) is 4.47 Å². The molecule has 0 N–H and O–H groups in total. The zero-order valence-electron chi connectivity index (χ0n) is 9.38. The highest BCUT2D eigenvalue weighted by Gasteiger charge is 2.23. The average molecular weight is 206 g/mol. The Morgan fingerprint density at radius 1 is 1.15 bits per heavy atom. The molecule has 0 aliphatic heterocycles. The summed E-state index contributed by atoms with van der Waals surface area (Å²) in [7, 11) is 0. The van der Waals surface area contributed by atoms with Crippen LogP contribution in [0.4, 0.5) is 0 Å². The van der Waals surface area contributed by atoms with Crippen molar-refractivity contribution in [1.29, 1.82) is 0 Å². The maximum absolute atomic E-state index is 11.3. The molecule has 0 bridgehead atoms. The van der Waals surface area contributed by atoms with Gasteiger partial charge >= 0.3 is 0 Å². The third-order valence-electron chi connectivity index (χ3n) is 1.16. The summed E-state index contributed by atoms with van der Waals surface area (Å²) < 4.78 is 6.09.